The quantitative estimate of drug-likeness (QED) is 0.359. The lowest BCUT2D eigenvalue weighted by Gasteiger charge is -2.26. The third-order valence-electron chi connectivity index (χ3n) is 4.86. The number of aromatic nitrogens is 3. The summed E-state index contributed by atoms with van der Waals surface area (Å²) in [5.41, 5.74) is 0.831. The van der Waals surface area contributed by atoms with Crippen LogP contribution >= 0.6 is 11.8 Å². The van der Waals surface area contributed by atoms with E-state index in [4.69, 9.17) is 9.47 Å². The number of carbonyl (C=O) groups is 1. The predicted octanol–water partition coefficient (Wildman–Crippen LogP) is 4.29. The largest absolute Gasteiger partial charge is 0.485 e. The summed E-state index contributed by atoms with van der Waals surface area (Å²) >= 11 is 1.33. The van der Waals surface area contributed by atoms with Gasteiger partial charge in [0, 0.05) is 18.8 Å². The first-order chi connectivity index (χ1) is 15.7. The molecule has 8 heteroatoms. The summed E-state index contributed by atoms with van der Waals surface area (Å²) in [4.78, 5) is 14.7. The second-order valence-electron chi connectivity index (χ2n) is 7.02. The zero-order chi connectivity index (χ0) is 22.3. The number of thioether (sulfide) groups is 1. The number of hydrogen-bond acceptors (Lipinski definition) is 6. The Balaban J connectivity index is 1.50. The summed E-state index contributed by atoms with van der Waals surface area (Å²) in [6, 6.07) is 17.1. The predicted molar refractivity (Wildman–Crippen MR) is 125 cm³/mol. The van der Waals surface area contributed by atoms with E-state index in [9.17, 15) is 4.79 Å². The second kappa shape index (κ2) is 10.2. The zero-order valence-corrected chi connectivity index (χ0v) is 18.4. The highest BCUT2D eigenvalue weighted by Crippen LogP contribution is 2.36. The number of rotatable bonds is 9. The van der Waals surface area contributed by atoms with Crippen molar-refractivity contribution in [1.82, 2.24) is 14.8 Å². The van der Waals surface area contributed by atoms with Gasteiger partial charge in [0.25, 0.3) is 0 Å². The van der Waals surface area contributed by atoms with Crippen molar-refractivity contribution in [2.24, 2.45) is 0 Å². The van der Waals surface area contributed by atoms with Crippen molar-refractivity contribution >= 4 is 23.4 Å². The van der Waals surface area contributed by atoms with Crippen LogP contribution in [0.15, 0.2) is 85.1 Å². The Morgan fingerprint density at radius 3 is 2.59 bits per heavy atom. The van der Waals surface area contributed by atoms with Gasteiger partial charge in [0.15, 0.2) is 28.6 Å². The van der Waals surface area contributed by atoms with Gasteiger partial charge in [0.1, 0.15) is 6.61 Å². The molecule has 32 heavy (non-hydrogen) atoms. The fraction of sp³-hybridized carbons (Fsp3) is 0.208. The average Bonchev–Trinajstić information content (AvgIpc) is 3.24. The van der Waals surface area contributed by atoms with Crippen LogP contribution in [-0.4, -0.2) is 39.6 Å². The monoisotopic (exact) mass is 448 g/mol. The molecule has 1 unspecified atom stereocenters. The lowest BCUT2D eigenvalue weighted by Crippen LogP contribution is -2.32. The molecule has 1 atom stereocenters. The summed E-state index contributed by atoms with van der Waals surface area (Å²) in [6.07, 6.45) is 3.08. The van der Waals surface area contributed by atoms with Crippen LogP contribution in [0.4, 0.5) is 5.69 Å². The number of carbonyl (C=O) groups excluding carboxylic acids is 1. The van der Waals surface area contributed by atoms with Crippen LogP contribution in [0, 0.1) is 0 Å². The minimum absolute atomic E-state index is 0.0398. The molecule has 0 N–H and O–H groups in total. The Hall–Kier alpha value is -3.52. The van der Waals surface area contributed by atoms with E-state index in [2.05, 4.69) is 23.4 Å². The van der Waals surface area contributed by atoms with E-state index in [1.807, 2.05) is 59.2 Å². The van der Waals surface area contributed by atoms with E-state index in [1.165, 1.54) is 11.8 Å². The Bertz CT molecular complexity index is 1100. The molecule has 1 amide bonds. The molecule has 1 aromatic heterocycles. The van der Waals surface area contributed by atoms with Gasteiger partial charge in [-0.2, -0.15) is 0 Å². The van der Waals surface area contributed by atoms with Crippen molar-refractivity contribution in [3.63, 3.8) is 0 Å². The Morgan fingerprint density at radius 2 is 1.84 bits per heavy atom. The van der Waals surface area contributed by atoms with Gasteiger partial charge in [0.05, 0.1) is 5.75 Å². The molecule has 0 aliphatic carbocycles. The number of fused-ring (bicyclic) bond motifs is 1. The molecule has 0 radical (unpaired) electrons. The minimum Gasteiger partial charge on any atom is -0.485 e. The van der Waals surface area contributed by atoms with Crippen LogP contribution in [-0.2, 0) is 11.3 Å². The smallest absolute Gasteiger partial charge is 0.237 e. The number of allylic oxidation sites excluding steroid dienone is 1. The van der Waals surface area contributed by atoms with Gasteiger partial charge < -0.3 is 14.4 Å². The molecule has 0 bridgehead atoms. The lowest BCUT2D eigenvalue weighted by molar-refractivity contribution is -0.116. The summed E-state index contributed by atoms with van der Waals surface area (Å²) in [6.45, 7) is 8.87. The first-order valence-corrected chi connectivity index (χ1v) is 11.2. The van der Waals surface area contributed by atoms with Crippen LogP contribution in [0.5, 0.6) is 11.5 Å². The van der Waals surface area contributed by atoms with Crippen molar-refractivity contribution in [2.75, 3.05) is 23.8 Å². The minimum atomic E-state index is -0.399. The first-order valence-electron chi connectivity index (χ1n) is 10.2. The molecule has 0 saturated carbocycles. The standard InChI is InChI=1S/C24H24N4O3S/c1-3-14-27(18-10-6-5-7-11-18)22(29)17-32-24-26-25-23(28(24)15-4-2)21-16-30-19-12-8-9-13-20(19)31-21/h3-13,21H,1-2,14-17H2. The molecular formula is C24H24N4O3S. The number of para-hydroxylation sites is 3. The average molecular weight is 449 g/mol. The topological polar surface area (TPSA) is 69.5 Å². The van der Waals surface area contributed by atoms with Crippen LogP contribution in [0.2, 0.25) is 0 Å². The van der Waals surface area contributed by atoms with Crippen molar-refractivity contribution in [3.05, 3.63) is 85.7 Å². The molecule has 0 spiro atoms. The molecule has 7 nitrogen and oxygen atoms in total. The molecule has 0 saturated heterocycles. The highest BCUT2D eigenvalue weighted by molar-refractivity contribution is 7.99. The normalized spacial score (nSPS) is 14.6. The Morgan fingerprint density at radius 1 is 1.09 bits per heavy atom. The number of benzene rings is 2. The van der Waals surface area contributed by atoms with Gasteiger partial charge >= 0.3 is 0 Å². The van der Waals surface area contributed by atoms with Gasteiger partial charge in [-0.05, 0) is 24.3 Å². The van der Waals surface area contributed by atoms with Gasteiger partial charge in [-0.1, -0.05) is 54.2 Å². The van der Waals surface area contributed by atoms with E-state index in [0.717, 1.165) is 5.69 Å². The first kappa shape index (κ1) is 21.7. The summed E-state index contributed by atoms with van der Waals surface area (Å²) in [5, 5.41) is 9.29. The van der Waals surface area contributed by atoms with Crippen LogP contribution < -0.4 is 14.4 Å². The van der Waals surface area contributed by atoms with Crippen molar-refractivity contribution in [2.45, 2.75) is 17.8 Å². The molecule has 4 rings (SSSR count). The molecule has 2 heterocycles. The summed E-state index contributed by atoms with van der Waals surface area (Å²) in [7, 11) is 0. The van der Waals surface area contributed by atoms with Gasteiger partial charge in [0.2, 0.25) is 5.91 Å². The maximum Gasteiger partial charge on any atom is 0.237 e. The number of amides is 1. The number of anilines is 1. The summed E-state index contributed by atoms with van der Waals surface area (Å²) in [5.74, 6) is 2.19. The molecular weight excluding hydrogens is 424 g/mol. The van der Waals surface area contributed by atoms with Gasteiger partial charge in [-0.25, -0.2) is 0 Å². The van der Waals surface area contributed by atoms with E-state index in [-0.39, 0.29) is 11.7 Å². The lowest BCUT2D eigenvalue weighted by atomic mass is 10.2. The zero-order valence-electron chi connectivity index (χ0n) is 17.6. The van der Waals surface area contributed by atoms with Crippen molar-refractivity contribution < 1.29 is 14.3 Å². The van der Waals surface area contributed by atoms with Crippen molar-refractivity contribution in [3.8, 4) is 11.5 Å². The maximum absolute atomic E-state index is 13.0. The molecule has 1 aliphatic rings. The van der Waals surface area contributed by atoms with E-state index in [0.29, 0.717) is 42.2 Å². The SMILES string of the molecule is C=CCN(C(=O)CSc1nnc(C2COc3ccccc3O2)n1CC=C)c1ccccc1. The Kier molecular flexibility index (Phi) is 6.91. The van der Waals surface area contributed by atoms with E-state index < -0.39 is 6.10 Å². The molecule has 1 aliphatic heterocycles. The van der Waals surface area contributed by atoms with Gasteiger partial charge in [-0.3, -0.25) is 9.36 Å². The van der Waals surface area contributed by atoms with Crippen molar-refractivity contribution in [1.29, 1.82) is 0 Å². The van der Waals surface area contributed by atoms with E-state index >= 15 is 0 Å². The fourth-order valence-electron chi connectivity index (χ4n) is 3.38. The van der Waals surface area contributed by atoms with Gasteiger partial charge in [-0.15, -0.1) is 23.4 Å². The molecule has 3 aromatic rings. The molecule has 0 fully saturated rings. The highest BCUT2D eigenvalue weighted by Gasteiger charge is 2.28. The molecule has 2 aromatic carbocycles. The van der Waals surface area contributed by atoms with E-state index in [1.54, 1.807) is 17.1 Å². The summed E-state index contributed by atoms with van der Waals surface area (Å²) < 4.78 is 13.8. The Labute approximate surface area is 191 Å². The third-order valence-corrected chi connectivity index (χ3v) is 5.81. The molecule has 164 valence electrons. The number of hydrogen-bond donors (Lipinski definition) is 0. The third kappa shape index (κ3) is 4.70. The maximum atomic E-state index is 13.0. The highest BCUT2D eigenvalue weighted by atomic mass is 32.2. The second-order valence-corrected chi connectivity index (χ2v) is 7.96. The fourth-order valence-corrected chi connectivity index (χ4v) is 4.22. The number of nitrogens with zero attached hydrogens (tertiary/aromatic N) is 4. The van der Waals surface area contributed by atoms with Crippen LogP contribution in [0.25, 0.3) is 0 Å². The van der Waals surface area contributed by atoms with Crippen LogP contribution in [0.3, 0.4) is 0 Å². The number of ether oxygens (including phenoxy) is 2. The van der Waals surface area contributed by atoms with Crippen LogP contribution in [0.1, 0.15) is 11.9 Å².